The molecule has 0 spiro atoms. The van der Waals surface area contributed by atoms with Crippen LogP contribution in [0, 0.1) is 0 Å². The van der Waals surface area contributed by atoms with Gasteiger partial charge in [-0.15, -0.1) is 0 Å². The summed E-state index contributed by atoms with van der Waals surface area (Å²) < 4.78 is 6.52. The summed E-state index contributed by atoms with van der Waals surface area (Å²) in [6.45, 7) is 0. The number of hydrogen-bond donors (Lipinski definition) is 2. The molecule has 0 atom stereocenters. The maximum Gasteiger partial charge on any atom is 0.339 e. The van der Waals surface area contributed by atoms with Crippen LogP contribution in [0.1, 0.15) is 10.4 Å². The van der Waals surface area contributed by atoms with E-state index in [0.29, 0.717) is 17.1 Å². The van der Waals surface area contributed by atoms with Crippen LogP contribution >= 0.6 is 15.9 Å². The molecule has 0 saturated carbocycles. The molecule has 1 heterocycles. The average molecular weight is 333 g/mol. The normalized spacial score (nSPS) is 10.8. The third-order valence-electron chi connectivity index (χ3n) is 2.83. The quantitative estimate of drug-likeness (QED) is 0.700. The Kier molecular flexibility index (Phi) is 2.94. The number of halogens is 1. The van der Waals surface area contributed by atoms with Gasteiger partial charge in [0.05, 0.1) is 0 Å². The number of nitrogens with zero attached hydrogens (tertiary/aromatic N) is 1. The number of fused-ring (bicyclic) bond motifs is 1. The maximum absolute atomic E-state index is 11.2. The van der Waals surface area contributed by atoms with Crippen molar-refractivity contribution in [2.24, 2.45) is 0 Å². The molecular weight excluding hydrogens is 324 g/mol. The summed E-state index contributed by atoms with van der Waals surface area (Å²) in [5.41, 5.74) is 7.45. The fourth-order valence-corrected chi connectivity index (χ4v) is 2.19. The minimum absolute atomic E-state index is 0.0101. The SMILES string of the molecule is Nc1cc(C(=O)O)c2oc(-c3ccc(Br)cc3)nc2c1. The van der Waals surface area contributed by atoms with Crippen molar-refractivity contribution in [3.63, 3.8) is 0 Å². The van der Waals surface area contributed by atoms with E-state index in [2.05, 4.69) is 20.9 Å². The van der Waals surface area contributed by atoms with Crippen molar-refractivity contribution in [3.8, 4) is 11.5 Å². The van der Waals surface area contributed by atoms with Crippen LogP contribution in [0.15, 0.2) is 45.3 Å². The molecule has 0 amide bonds. The number of nitrogen functional groups attached to an aromatic ring is 1. The first-order chi connectivity index (χ1) is 9.54. The van der Waals surface area contributed by atoms with E-state index >= 15 is 0 Å². The van der Waals surface area contributed by atoms with E-state index in [1.165, 1.54) is 6.07 Å². The Labute approximate surface area is 122 Å². The van der Waals surface area contributed by atoms with E-state index < -0.39 is 5.97 Å². The minimum Gasteiger partial charge on any atom is -0.478 e. The van der Waals surface area contributed by atoms with E-state index in [-0.39, 0.29) is 11.1 Å². The van der Waals surface area contributed by atoms with Crippen molar-refractivity contribution >= 4 is 38.7 Å². The summed E-state index contributed by atoms with van der Waals surface area (Å²) >= 11 is 3.35. The molecule has 100 valence electrons. The third kappa shape index (κ3) is 2.14. The van der Waals surface area contributed by atoms with Gasteiger partial charge in [0.25, 0.3) is 0 Å². The number of benzene rings is 2. The second-order valence-corrected chi connectivity index (χ2v) is 5.16. The molecule has 3 N–H and O–H groups in total. The molecule has 6 heteroatoms. The van der Waals surface area contributed by atoms with Crippen LogP contribution in [0.2, 0.25) is 0 Å². The number of anilines is 1. The van der Waals surface area contributed by atoms with E-state index in [1.54, 1.807) is 6.07 Å². The Bertz CT molecular complexity index is 809. The van der Waals surface area contributed by atoms with Crippen molar-refractivity contribution in [1.82, 2.24) is 4.98 Å². The van der Waals surface area contributed by atoms with Crippen LogP contribution in [0.3, 0.4) is 0 Å². The standard InChI is InChI=1S/C14H9BrN2O3/c15-8-3-1-7(2-4-8)13-17-11-6-9(16)5-10(14(18)19)12(11)20-13/h1-6H,16H2,(H,18,19). The summed E-state index contributed by atoms with van der Waals surface area (Å²) in [6, 6.07) is 10.3. The Balaban J connectivity index is 2.22. The van der Waals surface area contributed by atoms with E-state index in [9.17, 15) is 9.90 Å². The molecule has 3 aromatic rings. The van der Waals surface area contributed by atoms with Crippen molar-refractivity contribution in [3.05, 3.63) is 46.4 Å². The first kappa shape index (κ1) is 12.7. The molecule has 0 aliphatic heterocycles. The highest BCUT2D eigenvalue weighted by Gasteiger charge is 2.16. The highest BCUT2D eigenvalue weighted by Crippen LogP contribution is 2.29. The smallest absolute Gasteiger partial charge is 0.339 e. The topological polar surface area (TPSA) is 89.4 Å². The van der Waals surface area contributed by atoms with Crippen LogP contribution < -0.4 is 5.73 Å². The van der Waals surface area contributed by atoms with Gasteiger partial charge in [0.2, 0.25) is 5.89 Å². The number of carboxylic acid groups (broad SMARTS) is 1. The lowest BCUT2D eigenvalue weighted by Gasteiger charge is -1.97. The molecule has 0 bridgehead atoms. The molecule has 0 radical (unpaired) electrons. The number of carbonyl (C=O) groups is 1. The van der Waals surface area contributed by atoms with E-state index in [0.717, 1.165) is 10.0 Å². The number of rotatable bonds is 2. The van der Waals surface area contributed by atoms with E-state index in [1.807, 2.05) is 24.3 Å². The summed E-state index contributed by atoms with van der Waals surface area (Å²) in [4.78, 5) is 15.5. The predicted molar refractivity (Wildman–Crippen MR) is 78.5 cm³/mol. The van der Waals surface area contributed by atoms with Crippen LogP contribution in [0.4, 0.5) is 5.69 Å². The number of carboxylic acids is 1. The molecule has 5 nitrogen and oxygen atoms in total. The van der Waals surface area contributed by atoms with Crippen molar-refractivity contribution in [2.75, 3.05) is 5.73 Å². The lowest BCUT2D eigenvalue weighted by molar-refractivity contribution is 0.0698. The van der Waals surface area contributed by atoms with Gasteiger partial charge in [0.15, 0.2) is 5.58 Å². The summed E-state index contributed by atoms with van der Waals surface area (Å²) in [5, 5.41) is 9.17. The lowest BCUT2D eigenvalue weighted by atomic mass is 10.2. The third-order valence-corrected chi connectivity index (χ3v) is 3.36. The zero-order valence-electron chi connectivity index (χ0n) is 10.1. The predicted octanol–water partition coefficient (Wildman–Crippen LogP) is 3.54. The second kappa shape index (κ2) is 4.64. The number of hydrogen-bond acceptors (Lipinski definition) is 4. The van der Waals surface area contributed by atoms with Crippen LogP contribution in [-0.4, -0.2) is 16.1 Å². The molecule has 20 heavy (non-hydrogen) atoms. The molecule has 0 aliphatic rings. The van der Waals surface area contributed by atoms with E-state index in [4.69, 9.17) is 10.2 Å². The lowest BCUT2D eigenvalue weighted by Crippen LogP contribution is -1.98. The number of aromatic carboxylic acids is 1. The Morgan fingerprint density at radius 2 is 1.95 bits per heavy atom. The number of nitrogens with two attached hydrogens (primary N) is 1. The van der Waals surface area contributed by atoms with Gasteiger partial charge in [0.1, 0.15) is 11.1 Å². The Morgan fingerprint density at radius 1 is 1.25 bits per heavy atom. The monoisotopic (exact) mass is 332 g/mol. The fraction of sp³-hybridized carbons (Fsp3) is 0. The number of oxazole rings is 1. The van der Waals surface area contributed by atoms with Gasteiger partial charge in [-0.25, -0.2) is 9.78 Å². The van der Waals surface area contributed by atoms with Crippen LogP contribution in [0.25, 0.3) is 22.6 Å². The zero-order chi connectivity index (χ0) is 14.3. The van der Waals surface area contributed by atoms with Gasteiger partial charge in [-0.2, -0.15) is 0 Å². The first-order valence-electron chi connectivity index (χ1n) is 5.74. The van der Waals surface area contributed by atoms with Gasteiger partial charge in [-0.05, 0) is 36.4 Å². The zero-order valence-corrected chi connectivity index (χ0v) is 11.7. The highest BCUT2D eigenvalue weighted by molar-refractivity contribution is 9.10. The summed E-state index contributed by atoms with van der Waals surface area (Å²) in [5.74, 6) is -0.735. The largest absolute Gasteiger partial charge is 0.478 e. The molecule has 3 rings (SSSR count). The molecule has 0 saturated heterocycles. The van der Waals surface area contributed by atoms with Gasteiger partial charge < -0.3 is 15.3 Å². The van der Waals surface area contributed by atoms with Crippen LogP contribution in [0.5, 0.6) is 0 Å². The Hall–Kier alpha value is -2.34. The minimum atomic E-state index is -1.10. The highest BCUT2D eigenvalue weighted by atomic mass is 79.9. The number of aromatic nitrogens is 1. The van der Waals surface area contributed by atoms with Gasteiger partial charge in [-0.3, -0.25) is 0 Å². The van der Waals surface area contributed by atoms with Crippen LogP contribution in [-0.2, 0) is 0 Å². The maximum atomic E-state index is 11.2. The molecule has 0 unspecified atom stereocenters. The first-order valence-corrected chi connectivity index (χ1v) is 6.53. The summed E-state index contributed by atoms with van der Waals surface area (Å²) in [7, 11) is 0. The summed E-state index contributed by atoms with van der Waals surface area (Å²) in [6.07, 6.45) is 0. The molecule has 2 aromatic carbocycles. The molecule has 0 aliphatic carbocycles. The van der Waals surface area contributed by atoms with Crippen molar-refractivity contribution < 1.29 is 14.3 Å². The Morgan fingerprint density at radius 3 is 2.60 bits per heavy atom. The van der Waals surface area contributed by atoms with Crippen molar-refractivity contribution in [1.29, 1.82) is 0 Å². The van der Waals surface area contributed by atoms with Gasteiger partial charge in [-0.1, -0.05) is 15.9 Å². The fourth-order valence-electron chi connectivity index (χ4n) is 1.93. The van der Waals surface area contributed by atoms with Crippen molar-refractivity contribution in [2.45, 2.75) is 0 Å². The second-order valence-electron chi connectivity index (χ2n) is 4.25. The average Bonchev–Trinajstić information content (AvgIpc) is 2.81. The molecular formula is C14H9BrN2O3. The molecule has 1 aromatic heterocycles. The molecule has 0 fully saturated rings. The van der Waals surface area contributed by atoms with Gasteiger partial charge >= 0.3 is 5.97 Å². The van der Waals surface area contributed by atoms with Gasteiger partial charge in [0, 0.05) is 15.7 Å².